The summed E-state index contributed by atoms with van der Waals surface area (Å²) in [6, 6.07) is 0. The summed E-state index contributed by atoms with van der Waals surface area (Å²) in [4.78, 5) is 43.1. The number of thiazole rings is 1. The van der Waals surface area contributed by atoms with E-state index in [2.05, 4.69) is 25.0 Å². The Balaban J connectivity index is 1.23. The van der Waals surface area contributed by atoms with Gasteiger partial charge in [0.2, 0.25) is 17.7 Å². The number of aromatic nitrogens is 7. The van der Waals surface area contributed by atoms with Crippen LogP contribution in [0.2, 0.25) is 0 Å². The topological polar surface area (TPSA) is 132 Å². The summed E-state index contributed by atoms with van der Waals surface area (Å²) in [7, 11) is 1.71. The molecule has 1 aliphatic carbocycles. The summed E-state index contributed by atoms with van der Waals surface area (Å²) in [5.74, 6) is 1.50. The second-order valence-corrected chi connectivity index (χ2v) is 9.91. The largest absolute Gasteiger partial charge is 0.368 e. The van der Waals surface area contributed by atoms with E-state index in [1.807, 2.05) is 10.3 Å². The summed E-state index contributed by atoms with van der Waals surface area (Å²) in [6.45, 7) is 4.24. The summed E-state index contributed by atoms with van der Waals surface area (Å²) in [6.07, 6.45) is 4.77. The average molecular weight is 483 g/mol. The molecule has 0 unspecified atom stereocenters. The molecular formula is C21H26N10O2S. The maximum atomic E-state index is 13.1. The third kappa shape index (κ3) is 3.64. The quantitative estimate of drug-likeness (QED) is 0.418. The minimum absolute atomic E-state index is 0.167. The molecule has 1 aliphatic heterocycles. The van der Waals surface area contributed by atoms with Crippen LogP contribution in [0.4, 0.5) is 5.95 Å². The molecule has 178 valence electrons. The van der Waals surface area contributed by atoms with E-state index in [0.717, 1.165) is 26.2 Å². The van der Waals surface area contributed by atoms with Crippen molar-refractivity contribution in [3.63, 3.8) is 0 Å². The molecule has 0 spiro atoms. The molecule has 6 rings (SSSR count). The number of carbonyl (C=O) groups excluding carboxylic acids is 1. The number of anilines is 1. The van der Waals surface area contributed by atoms with Crippen molar-refractivity contribution < 1.29 is 4.79 Å². The van der Waals surface area contributed by atoms with Gasteiger partial charge < -0.3 is 10.6 Å². The number of piperazine rings is 1. The highest BCUT2D eigenvalue weighted by atomic mass is 32.1. The van der Waals surface area contributed by atoms with E-state index in [4.69, 9.17) is 5.73 Å². The van der Waals surface area contributed by atoms with Crippen molar-refractivity contribution in [3.05, 3.63) is 22.1 Å². The van der Waals surface area contributed by atoms with Gasteiger partial charge in [-0.25, -0.2) is 14.8 Å². The Bertz CT molecular complexity index is 1420. The first-order valence-electron chi connectivity index (χ1n) is 11.5. The van der Waals surface area contributed by atoms with E-state index in [9.17, 15) is 9.59 Å². The summed E-state index contributed by atoms with van der Waals surface area (Å²) in [5, 5.41) is 6.98. The van der Waals surface area contributed by atoms with Gasteiger partial charge in [0.05, 0.1) is 0 Å². The first-order chi connectivity index (χ1) is 16.5. The number of fused-ring (bicyclic) bond motifs is 3. The maximum Gasteiger partial charge on any atom is 0.330 e. The van der Waals surface area contributed by atoms with Crippen molar-refractivity contribution in [1.82, 2.24) is 43.5 Å². The van der Waals surface area contributed by atoms with Crippen LogP contribution in [-0.4, -0.2) is 82.1 Å². The Morgan fingerprint density at radius 1 is 1.15 bits per heavy atom. The third-order valence-electron chi connectivity index (χ3n) is 6.73. The van der Waals surface area contributed by atoms with Crippen LogP contribution in [0.5, 0.6) is 0 Å². The molecule has 0 atom stereocenters. The molecule has 2 fully saturated rings. The van der Waals surface area contributed by atoms with Crippen LogP contribution in [0.1, 0.15) is 19.3 Å². The number of rotatable bonds is 6. The zero-order valence-corrected chi connectivity index (χ0v) is 19.7. The monoisotopic (exact) mass is 482 g/mol. The van der Waals surface area contributed by atoms with Gasteiger partial charge in [0, 0.05) is 64.3 Å². The van der Waals surface area contributed by atoms with Gasteiger partial charge in [-0.2, -0.15) is 9.50 Å². The fourth-order valence-corrected chi connectivity index (χ4v) is 5.14. The molecule has 34 heavy (non-hydrogen) atoms. The van der Waals surface area contributed by atoms with E-state index in [1.54, 1.807) is 22.4 Å². The minimum atomic E-state index is -0.174. The average Bonchev–Trinajstić information content (AvgIpc) is 3.22. The second-order valence-electron chi connectivity index (χ2n) is 9.01. The fourth-order valence-electron chi connectivity index (χ4n) is 4.58. The number of nitrogens with two attached hydrogens (primary N) is 1. The highest BCUT2D eigenvalue weighted by Gasteiger charge is 2.29. The van der Waals surface area contributed by atoms with Crippen LogP contribution in [0, 0.1) is 5.92 Å². The number of hydrogen-bond acceptors (Lipinski definition) is 9. The van der Waals surface area contributed by atoms with Crippen molar-refractivity contribution in [2.75, 3.05) is 38.5 Å². The van der Waals surface area contributed by atoms with E-state index >= 15 is 0 Å². The fraction of sp³-hybridized carbons (Fsp3) is 0.524. The Labute approximate surface area is 198 Å². The first-order valence-corrected chi connectivity index (χ1v) is 12.4. The Kier molecular flexibility index (Phi) is 5.10. The molecule has 13 heteroatoms. The Hall–Kier alpha value is -3.32. The predicted molar refractivity (Wildman–Crippen MR) is 127 cm³/mol. The standard InChI is InChI=1S/C21H26N10O2S/c1-27-15-17(25-20(22)31-18(15)24-16(26-31)19-23-4-11-34-19)30(21(27)33)10-7-28-5-8-29(9-6-28)14(32)12-13-2-3-13/h4,11,13H,2-3,5-10,12H2,1H3,(H2,22,25). The van der Waals surface area contributed by atoms with Crippen LogP contribution in [0.3, 0.4) is 0 Å². The van der Waals surface area contributed by atoms with Crippen LogP contribution in [-0.2, 0) is 18.4 Å². The van der Waals surface area contributed by atoms with Gasteiger partial charge in [-0.3, -0.25) is 18.8 Å². The van der Waals surface area contributed by atoms with E-state index < -0.39 is 0 Å². The summed E-state index contributed by atoms with van der Waals surface area (Å²) >= 11 is 1.43. The van der Waals surface area contributed by atoms with Crippen LogP contribution in [0.25, 0.3) is 27.6 Å². The number of amides is 1. The van der Waals surface area contributed by atoms with Gasteiger partial charge in [-0.1, -0.05) is 0 Å². The van der Waals surface area contributed by atoms with Crippen molar-refractivity contribution >= 4 is 40.0 Å². The van der Waals surface area contributed by atoms with Gasteiger partial charge >= 0.3 is 5.69 Å². The molecule has 12 nitrogen and oxygen atoms in total. The van der Waals surface area contributed by atoms with Gasteiger partial charge in [0.25, 0.3) is 0 Å². The zero-order valence-electron chi connectivity index (χ0n) is 18.9. The lowest BCUT2D eigenvalue weighted by Gasteiger charge is -2.34. The lowest BCUT2D eigenvalue weighted by atomic mass is 10.2. The normalized spacial score (nSPS) is 17.3. The van der Waals surface area contributed by atoms with Gasteiger partial charge in [-0.05, 0) is 18.8 Å². The van der Waals surface area contributed by atoms with Gasteiger partial charge in [-0.15, -0.1) is 16.4 Å². The van der Waals surface area contributed by atoms with Gasteiger partial charge in [0.1, 0.15) is 5.52 Å². The molecule has 1 saturated carbocycles. The van der Waals surface area contributed by atoms with E-state index in [-0.39, 0.29) is 17.5 Å². The van der Waals surface area contributed by atoms with Crippen molar-refractivity contribution in [1.29, 1.82) is 0 Å². The summed E-state index contributed by atoms with van der Waals surface area (Å²) in [5.41, 5.74) is 7.59. The molecule has 5 heterocycles. The molecule has 2 aliphatic rings. The molecule has 4 aromatic heterocycles. The van der Waals surface area contributed by atoms with Crippen LogP contribution < -0.4 is 11.4 Å². The molecule has 4 aromatic rings. The highest BCUT2D eigenvalue weighted by molar-refractivity contribution is 7.13. The van der Waals surface area contributed by atoms with E-state index in [1.165, 1.54) is 28.7 Å². The van der Waals surface area contributed by atoms with Crippen LogP contribution in [0.15, 0.2) is 16.4 Å². The number of nitrogen functional groups attached to an aromatic ring is 1. The molecule has 2 N–H and O–H groups in total. The molecule has 1 saturated heterocycles. The minimum Gasteiger partial charge on any atom is -0.368 e. The van der Waals surface area contributed by atoms with E-state index in [0.29, 0.717) is 53.1 Å². The van der Waals surface area contributed by atoms with Crippen molar-refractivity contribution in [2.45, 2.75) is 25.8 Å². The second kappa shape index (κ2) is 8.17. The number of imidazole rings is 1. The van der Waals surface area contributed by atoms with Gasteiger partial charge in [0.15, 0.2) is 16.3 Å². The molecule has 0 aromatic carbocycles. The number of nitrogens with zero attached hydrogens (tertiary/aromatic N) is 9. The smallest absolute Gasteiger partial charge is 0.330 e. The molecular weight excluding hydrogens is 456 g/mol. The highest BCUT2D eigenvalue weighted by Crippen LogP contribution is 2.33. The zero-order chi connectivity index (χ0) is 23.4. The number of hydrogen-bond donors (Lipinski definition) is 1. The maximum absolute atomic E-state index is 13.1. The first kappa shape index (κ1) is 21.2. The summed E-state index contributed by atoms with van der Waals surface area (Å²) < 4.78 is 4.65. The lowest BCUT2D eigenvalue weighted by molar-refractivity contribution is -0.133. The van der Waals surface area contributed by atoms with Crippen LogP contribution >= 0.6 is 11.3 Å². The van der Waals surface area contributed by atoms with Crippen molar-refractivity contribution in [3.8, 4) is 10.8 Å². The predicted octanol–water partition coefficient (Wildman–Crippen LogP) is 0.428. The lowest BCUT2D eigenvalue weighted by Crippen LogP contribution is -2.49. The Morgan fingerprint density at radius 2 is 1.94 bits per heavy atom. The molecule has 0 bridgehead atoms. The van der Waals surface area contributed by atoms with Crippen molar-refractivity contribution in [2.24, 2.45) is 13.0 Å². The SMILES string of the molecule is Cn1c(=O)n(CCN2CCN(C(=O)CC3CC3)CC2)c2nc(N)n3nc(-c4nccs4)nc3c21. The number of carbonyl (C=O) groups is 1. The third-order valence-corrected chi connectivity index (χ3v) is 7.49. The molecule has 0 radical (unpaired) electrons. The number of aryl methyl sites for hydroxylation is 1. The Morgan fingerprint density at radius 3 is 2.65 bits per heavy atom. The molecule has 1 amide bonds.